The molecule has 1 aliphatic heterocycles. The van der Waals surface area contributed by atoms with Gasteiger partial charge in [0.15, 0.2) is 0 Å². The first kappa shape index (κ1) is 9.52. The quantitative estimate of drug-likeness (QED) is 0.662. The molecule has 1 N–H and O–H groups in total. The highest BCUT2D eigenvalue weighted by Gasteiger charge is 2.21. The monoisotopic (exact) mass is 171 g/mol. The van der Waals surface area contributed by atoms with Gasteiger partial charge in [-0.1, -0.05) is 13.3 Å². The summed E-state index contributed by atoms with van der Waals surface area (Å²) in [6.45, 7) is 3.49. The summed E-state index contributed by atoms with van der Waals surface area (Å²) in [4.78, 5) is 12.9. The van der Waals surface area contributed by atoms with Gasteiger partial charge in [0.05, 0.1) is 0 Å². The number of aliphatic hydroxyl groups excluding tert-OH is 1. The van der Waals surface area contributed by atoms with E-state index in [1.807, 2.05) is 0 Å². The van der Waals surface area contributed by atoms with E-state index >= 15 is 0 Å². The molecule has 1 amide bonds. The van der Waals surface area contributed by atoms with Crippen LogP contribution in [-0.2, 0) is 4.79 Å². The number of hydrogen-bond acceptors (Lipinski definition) is 2. The molecular formula is C9H17NO2. The first-order chi connectivity index (χ1) is 5.77. The van der Waals surface area contributed by atoms with Crippen LogP contribution < -0.4 is 0 Å². The van der Waals surface area contributed by atoms with E-state index in [9.17, 15) is 4.79 Å². The molecule has 1 saturated heterocycles. The lowest BCUT2D eigenvalue weighted by Crippen LogP contribution is -2.41. The van der Waals surface area contributed by atoms with E-state index in [1.54, 1.807) is 4.90 Å². The molecule has 1 aliphatic rings. The Kier molecular flexibility index (Phi) is 3.53. The number of rotatable bonds is 2. The van der Waals surface area contributed by atoms with E-state index < -0.39 is 0 Å². The number of piperidine rings is 1. The van der Waals surface area contributed by atoms with E-state index in [2.05, 4.69) is 6.92 Å². The third-order valence-corrected chi connectivity index (χ3v) is 2.58. The summed E-state index contributed by atoms with van der Waals surface area (Å²) in [5.74, 6) is 0.530. The van der Waals surface area contributed by atoms with Crippen molar-refractivity contribution in [3.63, 3.8) is 0 Å². The van der Waals surface area contributed by atoms with Crippen LogP contribution in [0.2, 0.25) is 0 Å². The number of hydrogen-bond donors (Lipinski definition) is 1. The van der Waals surface area contributed by atoms with Gasteiger partial charge in [0.25, 0.3) is 0 Å². The minimum atomic E-state index is -0.337. The van der Waals surface area contributed by atoms with E-state index in [4.69, 9.17) is 5.11 Å². The highest BCUT2D eigenvalue weighted by Crippen LogP contribution is 2.18. The maximum absolute atomic E-state index is 11.1. The molecule has 0 bridgehead atoms. The van der Waals surface area contributed by atoms with E-state index in [1.165, 1.54) is 6.42 Å². The van der Waals surface area contributed by atoms with Crippen LogP contribution in [0.5, 0.6) is 0 Å². The number of carbonyl (C=O) groups excluding carboxylic acids is 1. The van der Waals surface area contributed by atoms with E-state index in [-0.39, 0.29) is 12.5 Å². The molecule has 0 aromatic rings. The topological polar surface area (TPSA) is 40.5 Å². The molecule has 70 valence electrons. The van der Waals surface area contributed by atoms with E-state index in [0.29, 0.717) is 5.92 Å². The maximum atomic E-state index is 11.1. The number of likely N-dealkylation sites (tertiary alicyclic amines) is 1. The highest BCUT2D eigenvalue weighted by atomic mass is 16.3. The smallest absolute Gasteiger partial charge is 0.248 e. The highest BCUT2D eigenvalue weighted by molar-refractivity contribution is 5.77. The van der Waals surface area contributed by atoms with Crippen molar-refractivity contribution in [3.8, 4) is 0 Å². The first-order valence-corrected chi connectivity index (χ1v) is 4.66. The average molecular weight is 171 g/mol. The van der Waals surface area contributed by atoms with Crippen LogP contribution in [0.4, 0.5) is 0 Å². The number of carbonyl (C=O) groups is 1. The molecule has 1 unspecified atom stereocenters. The van der Waals surface area contributed by atoms with Crippen molar-refractivity contribution in [2.75, 3.05) is 19.7 Å². The van der Waals surface area contributed by atoms with Crippen LogP contribution >= 0.6 is 0 Å². The van der Waals surface area contributed by atoms with Crippen molar-refractivity contribution in [2.45, 2.75) is 26.2 Å². The zero-order chi connectivity index (χ0) is 8.97. The second-order valence-electron chi connectivity index (χ2n) is 3.41. The van der Waals surface area contributed by atoms with Crippen molar-refractivity contribution in [3.05, 3.63) is 0 Å². The number of amides is 1. The van der Waals surface area contributed by atoms with Crippen LogP contribution in [0, 0.1) is 5.92 Å². The maximum Gasteiger partial charge on any atom is 0.248 e. The van der Waals surface area contributed by atoms with Gasteiger partial charge in [-0.25, -0.2) is 0 Å². The molecule has 0 saturated carbocycles. The van der Waals surface area contributed by atoms with E-state index in [0.717, 1.165) is 25.9 Å². The van der Waals surface area contributed by atoms with Crippen LogP contribution in [0.15, 0.2) is 0 Å². The lowest BCUT2D eigenvalue weighted by molar-refractivity contribution is -0.136. The van der Waals surface area contributed by atoms with Crippen molar-refractivity contribution in [1.29, 1.82) is 0 Å². The van der Waals surface area contributed by atoms with Crippen LogP contribution in [0.3, 0.4) is 0 Å². The SMILES string of the molecule is CCC1CCCN(C(=O)CO)C1. The zero-order valence-corrected chi connectivity index (χ0v) is 7.62. The van der Waals surface area contributed by atoms with Gasteiger partial charge in [0.2, 0.25) is 5.91 Å². The second-order valence-corrected chi connectivity index (χ2v) is 3.41. The molecule has 1 fully saturated rings. The fourth-order valence-electron chi connectivity index (χ4n) is 1.72. The lowest BCUT2D eigenvalue weighted by atomic mass is 9.96. The Hall–Kier alpha value is -0.570. The molecule has 0 radical (unpaired) electrons. The van der Waals surface area contributed by atoms with Crippen LogP contribution in [0.25, 0.3) is 0 Å². The largest absolute Gasteiger partial charge is 0.387 e. The summed E-state index contributed by atoms with van der Waals surface area (Å²) >= 11 is 0. The minimum absolute atomic E-state index is 0.117. The summed E-state index contributed by atoms with van der Waals surface area (Å²) in [7, 11) is 0. The zero-order valence-electron chi connectivity index (χ0n) is 7.62. The normalized spacial score (nSPS) is 24.2. The molecule has 0 aliphatic carbocycles. The standard InChI is InChI=1S/C9H17NO2/c1-2-8-4-3-5-10(6-8)9(12)7-11/h8,11H,2-7H2,1H3. The first-order valence-electron chi connectivity index (χ1n) is 4.66. The molecule has 12 heavy (non-hydrogen) atoms. The number of nitrogens with zero attached hydrogens (tertiary/aromatic N) is 1. The Morgan fingerprint density at radius 3 is 3.00 bits per heavy atom. The Labute approximate surface area is 73.4 Å². The van der Waals surface area contributed by atoms with Gasteiger partial charge in [0, 0.05) is 13.1 Å². The van der Waals surface area contributed by atoms with Crippen LogP contribution in [-0.4, -0.2) is 35.6 Å². The van der Waals surface area contributed by atoms with Gasteiger partial charge < -0.3 is 10.0 Å². The molecule has 1 rings (SSSR count). The van der Waals surface area contributed by atoms with Crippen LogP contribution in [0.1, 0.15) is 26.2 Å². The molecule has 0 spiro atoms. The summed E-state index contributed by atoms with van der Waals surface area (Å²) in [6.07, 6.45) is 3.45. The van der Waals surface area contributed by atoms with Gasteiger partial charge in [-0.15, -0.1) is 0 Å². The van der Waals surface area contributed by atoms with Gasteiger partial charge in [-0.2, -0.15) is 0 Å². The Balaban J connectivity index is 2.40. The van der Waals surface area contributed by atoms with Crippen molar-refractivity contribution < 1.29 is 9.90 Å². The molecule has 3 heteroatoms. The molecule has 1 atom stereocenters. The summed E-state index contributed by atoms with van der Waals surface area (Å²) in [5, 5.41) is 8.65. The molecular weight excluding hydrogens is 154 g/mol. The average Bonchev–Trinajstić information content (AvgIpc) is 2.17. The van der Waals surface area contributed by atoms with Crippen molar-refractivity contribution in [2.24, 2.45) is 5.92 Å². The van der Waals surface area contributed by atoms with Gasteiger partial charge >= 0.3 is 0 Å². The van der Waals surface area contributed by atoms with Crippen molar-refractivity contribution >= 4 is 5.91 Å². The van der Waals surface area contributed by atoms with Gasteiger partial charge in [-0.05, 0) is 18.8 Å². The molecule has 0 aromatic carbocycles. The summed E-state index contributed by atoms with van der Waals surface area (Å²) in [6, 6.07) is 0. The Morgan fingerprint density at radius 2 is 2.42 bits per heavy atom. The van der Waals surface area contributed by atoms with Crippen molar-refractivity contribution in [1.82, 2.24) is 4.90 Å². The molecule has 3 nitrogen and oxygen atoms in total. The second kappa shape index (κ2) is 4.45. The van der Waals surface area contributed by atoms with Gasteiger partial charge in [-0.3, -0.25) is 4.79 Å². The molecule has 1 heterocycles. The van der Waals surface area contributed by atoms with Gasteiger partial charge in [0.1, 0.15) is 6.61 Å². The predicted molar refractivity (Wildman–Crippen MR) is 46.7 cm³/mol. The fourth-order valence-corrected chi connectivity index (χ4v) is 1.72. The summed E-state index contributed by atoms with van der Waals surface area (Å²) in [5.41, 5.74) is 0. The number of aliphatic hydroxyl groups is 1. The third-order valence-electron chi connectivity index (χ3n) is 2.58. The molecule has 0 aromatic heterocycles. The lowest BCUT2D eigenvalue weighted by Gasteiger charge is -2.31. The summed E-state index contributed by atoms with van der Waals surface area (Å²) < 4.78 is 0. The fraction of sp³-hybridized carbons (Fsp3) is 0.889. The third kappa shape index (κ3) is 2.21. The minimum Gasteiger partial charge on any atom is -0.387 e. The Bertz CT molecular complexity index is 159. The Morgan fingerprint density at radius 1 is 1.67 bits per heavy atom. The predicted octanol–water partition coefficient (Wildman–Crippen LogP) is 0.627.